The molecule has 9 heteroatoms. The molecule has 3 aromatic carbocycles. The SMILES string of the molecule is Cc1cc([N+](=O)[O-])ccc1NC(=O)NC1N=C(c2ccccc2)c2ccccc2N(C)C1=O. The van der Waals surface area contributed by atoms with Crippen LogP contribution in [0, 0.1) is 17.0 Å². The molecule has 1 heterocycles. The summed E-state index contributed by atoms with van der Waals surface area (Å²) in [7, 11) is 1.64. The fourth-order valence-corrected chi connectivity index (χ4v) is 3.63. The molecule has 0 aliphatic carbocycles. The number of nitro groups is 1. The topological polar surface area (TPSA) is 117 Å². The highest BCUT2D eigenvalue weighted by Gasteiger charge is 2.31. The van der Waals surface area contributed by atoms with Crippen molar-refractivity contribution in [2.75, 3.05) is 17.3 Å². The van der Waals surface area contributed by atoms with Crippen LogP contribution in [0.4, 0.5) is 21.9 Å². The fraction of sp³-hybridized carbons (Fsp3) is 0.125. The molecule has 0 bridgehead atoms. The van der Waals surface area contributed by atoms with Crippen LogP contribution in [0.25, 0.3) is 0 Å². The van der Waals surface area contributed by atoms with Gasteiger partial charge in [-0.15, -0.1) is 0 Å². The van der Waals surface area contributed by atoms with Gasteiger partial charge in [0, 0.05) is 36.0 Å². The van der Waals surface area contributed by atoms with Gasteiger partial charge in [-0.2, -0.15) is 0 Å². The van der Waals surface area contributed by atoms with Crippen LogP contribution in [0.2, 0.25) is 0 Å². The van der Waals surface area contributed by atoms with Crippen LogP contribution >= 0.6 is 0 Å². The Hall–Kier alpha value is -4.53. The number of carbonyl (C=O) groups is 2. The van der Waals surface area contributed by atoms with E-state index >= 15 is 0 Å². The largest absolute Gasteiger partial charge is 0.321 e. The number of likely N-dealkylation sites (N-methyl/N-ethyl adjacent to an activating group) is 1. The van der Waals surface area contributed by atoms with Crippen LogP contribution in [0.1, 0.15) is 16.7 Å². The van der Waals surface area contributed by atoms with E-state index in [9.17, 15) is 19.7 Å². The van der Waals surface area contributed by atoms with Gasteiger partial charge in [0.2, 0.25) is 6.17 Å². The minimum absolute atomic E-state index is 0.0751. The van der Waals surface area contributed by atoms with Crippen LogP contribution in [0.3, 0.4) is 0 Å². The van der Waals surface area contributed by atoms with Crippen molar-refractivity contribution < 1.29 is 14.5 Å². The van der Waals surface area contributed by atoms with Crippen molar-refractivity contribution in [3.05, 3.63) is 99.6 Å². The number of nitrogens with zero attached hydrogens (tertiary/aromatic N) is 3. The molecule has 2 N–H and O–H groups in total. The van der Waals surface area contributed by atoms with Gasteiger partial charge in [-0.25, -0.2) is 9.79 Å². The number of aliphatic imine (C=N–C) groups is 1. The van der Waals surface area contributed by atoms with Gasteiger partial charge in [0.05, 0.1) is 16.3 Å². The molecule has 9 nitrogen and oxygen atoms in total. The monoisotopic (exact) mass is 443 g/mol. The number of benzodiazepines with no additional fused rings is 1. The third kappa shape index (κ3) is 4.42. The van der Waals surface area contributed by atoms with E-state index in [4.69, 9.17) is 0 Å². The number of urea groups is 1. The summed E-state index contributed by atoms with van der Waals surface area (Å²) in [5, 5.41) is 16.2. The zero-order chi connectivity index (χ0) is 23.5. The number of anilines is 2. The summed E-state index contributed by atoms with van der Waals surface area (Å²) in [6.45, 7) is 1.65. The first-order valence-electron chi connectivity index (χ1n) is 10.2. The van der Waals surface area contributed by atoms with Gasteiger partial charge in [-0.1, -0.05) is 48.5 Å². The molecule has 0 fully saturated rings. The third-order valence-corrected chi connectivity index (χ3v) is 5.33. The summed E-state index contributed by atoms with van der Waals surface area (Å²) >= 11 is 0. The highest BCUT2D eigenvalue weighted by atomic mass is 16.6. The average Bonchev–Trinajstić information content (AvgIpc) is 2.91. The number of non-ortho nitro benzene ring substituents is 1. The lowest BCUT2D eigenvalue weighted by Gasteiger charge is -2.21. The lowest BCUT2D eigenvalue weighted by Crippen LogP contribution is -2.47. The second-order valence-electron chi connectivity index (χ2n) is 7.52. The normalized spacial score (nSPS) is 15.2. The molecule has 166 valence electrons. The number of fused-ring (bicyclic) bond motifs is 1. The molecule has 1 aliphatic rings. The van der Waals surface area contributed by atoms with E-state index in [2.05, 4.69) is 15.6 Å². The van der Waals surface area contributed by atoms with Crippen LogP contribution < -0.4 is 15.5 Å². The predicted octanol–water partition coefficient (Wildman–Crippen LogP) is 3.86. The number of amides is 3. The average molecular weight is 443 g/mol. The molecule has 0 aromatic heterocycles. The first kappa shape index (κ1) is 21.7. The summed E-state index contributed by atoms with van der Waals surface area (Å²) in [6.07, 6.45) is -1.17. The van der Waals surface area contributed by atoms with Crippen molar-refractivity contribution in [2.24, 2.45) is 4.99 Å². The van der Waals surface area contributed by atoms with Gasteiger partial charge in [0.1, 0.15) is 0 Å². The van der Waals surface area contributed by atoms with E-state index < -0.39 is 23.0 Å². The molecule has 3 aromatic rings. The Morgan fingerprint density at radius 2 is 1.76 bits per heavy atom. The second kappa shape index (κ2) is 8.91. The molecule has 1 aliphatic heterocycles. The molecular weight excluding hydrogens is 422 g/mol. The number of hydrogen-bond donors (Lipinski definition) is 2. The molecular formula is C24H21N5O4. The molecule has 3 amide bonds. The smallest absolute Gasteiger partial charge is 0.311 e. The van der Waals surface area contributed by atoms with E-state index in [1.54, 1.807) is 14.0 Å². The summed E-state index contributed by atoms with van der Waals surface area (Å²) in [5.41, 5.74) is 3.69. The Morgan fingerprint density at radius 1 is 1.06 bits per heavy atom. The lowest BCUT2D eigenvalue weighted by atomic mass is 10.0. The minimum atomic E-state index is -1.17. The second-order valence-corrected chi connectivity index (χ2v) is 7.52. The summed E-state index contributed by atoms with van der Waals surface area (Å²) in [4.78, 5) is 42.4. The summed E-state index contributed by atoms with van der Waals surface area (Å²) in [5.74, 6) is -0.399. The van der Waals surface area contributed by atoms with Crippen molar-refractivity contribution >= 4 is 34.7 Å². The zero-order valence-electron chi connectivity index (χ0n) is 18.0. The molecule has 4 rings (SSSR count). The molecule has 1 atom stereocenters. The zero-order valence-corrected chi connectivity index (χ0v) is 18.0. The standard InChI is InChI=1S/C24H21N5O4/c1-15-14-17(29(32)33)12-13-19(15)25-24(31)27-22-23(30)28(2)20-11-7-6-10-18(20)21(26-22)16-8-4-3-5-9-16/h3-14,22H,1-2H3,(H2,25,27,31). The van der Waals surface area contributed by atoms with E-state index in [0.29, 0.717) is 22.6 Å². The predicted molar refractivity (Wildman–Crippen MR) is 126 cm³/mol. The van der Waals surface area contributed by atoms with Crippen molar-refractivity contribution in [1.82, 2.24) is 5.32 Å². The van der Waals surface area contributed by atoms with Crippen molar-refractivity contribution in [1.29, 1.82) is 0 Å². The van der Waals surface area contributed by atoms with Gasteiger partial charge in [0.15, 0.2) is 0 Å². The number of rotatable bonds is 4. The Morgan fingerprint density at radius 3 is 2.45 bits per heavy atom. The van der Waals surface area contributed by atoms with E-state index in [1.165, 1.54) is 23.1 Å². The number of nitrogens with one attached hydrogen (secondary N) is 2. The van der Waals surface area contributed by atoms with Crippen molar-refractivity contribution in [3.63, 3.8) is 0 Å². The first-order valence-corrected chi connectivity index (χ1v) is 10.2. The number of hydrogen-bond acceptors (Lipinski definition) is 5. The van der Waals surface area contributed by atoms with Crippen molar-refractivity contribution in [3.8, 4) is 0 Å². The Labute approximate surface area is 189 Å². The van der Waals surface area contributed by atoms with E-state index in [0.717, 1.165) is 11.1 Å². The maximum Gasteiger partial charge on any atom is 0.321 e. The van der Waals surface area contributed by atoms with Gasteiger partial charge < -0.3 is 15.5 Å². The number of benzene rings is 3. The number of para-hydroxylation sites is 1. The van der Waals surface area contributed by atoms with Gasteiger partial charge >= 0.3 is 6.03 Å². The quantitative estimate of drug-likeness (QED) is 0.470. The van der Waals surface area contributed by atoms with Crippen LogP contribution in [-0.4, -0.2) is 35.8 Å². The van der Waals surface area contributed by atoms with Gasteiger partial charge in [0.25, 0.3) is 11.6 Å². The number of carbonyl (C=O) groups excluding carboxylic acids is 2. The van der Waals surface area contributed by atoms with Crippen LogP contribution in [0.15, 0.2) is 77.8 Å². The Balaban J connectivity index is 1.65. The highest BCUT2D eigenvalue weighted by molar-refractivity contribution is 6.20. The van der Waals surface area contributed by atoms with E-state index in [1.807, 2.05) is 54.6 Å². The Bertz CT molecular complexity index is 1270. The molecule has 0 saturated heterocycles. The first-order chi connectivity index (χ1) is 15.8. The number of nitro benzene ring substituents is 1. The fourth-order valence-electron chi connectivity index (χ4n) is 3.63. The molecule has 33 heavy (non-hydrogen) atoms. The third-order valence-electron chi connectivity index (χ3n) is 5.33. The molecule has 0 radical (unpaired) electrons. The minimum Gasteiger partial charge on any atom is -0.311 e. The lowest BCUT2D eigenvalue weighted by molar-refractivity contribution is -0.384. The van der Waals surface area contributed by atoms with Crippen molar-refractivity contribution in [2.45, 2.75) is 13.1 Å². The van der Waals surface area contributed by atoms with Crippen LogP contribution in [0.5, 0.6) is 0 Å². The maximum absolute atomic E-state index is 13.2. The van der Waals surface area contributed by atoms with Gasteiger partial charge in [-0.05, 0) is 24.6 Å². The summed E-state index contributed by atoms with van der Waals surface area (Å²) < 4.78 is 0. The molecule has 0 spiro atoms. The maximum atomic E-state index is 13.2. The van der Waals surface area contributed by atoms with Crippen LogP contribution in [-0.2, 0) is 4.79 Å². The highest BCUT2D eigenvalue weighted by Crippen LogP contribution is 2.27. The summed E-state index contributed by atoms with van der Waals surface area (Å²) in [6, 6.07) is 20.3. The van der Waals surface area contributed by atoms with Gasteiger partial charge in [-0.3, -0.25) is 14.9 Å². The van der Waals surface area contributed by atoms with E-state index in [-0.39, 0.29) is 5.69 Å². The molecule has 0 saturated carbocycles. The number of aryl methyl sites for hydroxylation is 1. The Kier molecular flexibility index (Phi) is 5.86. The molecule has 1 unspecified atom stereocenters.